The number of H-pyrrole nitrogens is 1. The minimum Gasteiger partial charge on any atom is -0.369 e. The number of nitrogens with one attached hydrogen (secondary N) is 1. The van der Waals surface area contributed by atoms with Crippen molar-refractivity contribution in [1.82, 2.24) is 19.5 Å². The number of hydrogen-bond acceptors (Lipinski definition) is 8. The van der Waals surface area contributed by atoms with Crippen molar-refractivity contribution in [2.45, 2.75) is 19.4 Å². The van der Waals surface area contributed by atoms with Crippen LogP contribution in [0.1, 0.15) is 5.56 Å². The van der Waals surface area contributed by atoms with Crippen LogP contribution in [-0.2, 0) is 31.7 Å². The van der Waals surface area contributed by atoms with Crippen LogP contribution in [0.5, 0.6) is 0 Å². The fourth-order valence-electron chi connectivity index (χ4n) is 2.52. The predicted molar refractivity (Wildman–Crippen MR) is 102 cm³/mol. The monoisotopic (exact) mass is 425 g/mol. The molecular formula is C16H20N5O7P. The molecule has 5 N–H and O–H groups in total. The zero-order chi connectivity index (χ0) is 20.9. The normalized spacial score (nSPS) is 13.0. The van der Waals surface area contributed by atoms with E-state index in [0.717, 1.165) is 5.56 Å². The van der Waals surface area contributed by atoms with Crippen LogP contribution in [0.2, 0.25) is 0 Å². The predicted octanol–water partition coefficient (Wildman–Crippen LogP) is 0.371. The third kappa shape index (κ3) is 6.19. The first-order chi connectivity index (χ1) is 13.8. The molecule has 2 aromatic heterocycles. The largest absolute Gasteiger partial charge is 0.469 e. The Bertz CT molecular complexity index is 1050. The summed E-state index contributed by atoms with van der Waals surface area (Å²) in [5, 5.41) is 0. The number of anilines is 1. The van der Waals surface area contributed by atoms with Gasteiger partial charge in [-0.05, 0) is 5.56 Å². The van der Waals surface area contributed by atoms with E-state index in [-0.39, 0.29) is 43.5 Å². The zero-order valence-electron chi connectivity index (χ0n) is 15.2. The maximum absolute atomic E-state index is 11.9. The fourth-order valence-corrected chi connectivity index (χ4v) is 2.83. The van der Waals surface area contributed by atoms with Crippen molar-refractivity contribution in [3.63, 3.8) is 0 Å². The smallest absolute Gasteiger partial charge is 0.369 e. The zero-order valence-corrected chi connectivity index (χ0v) is 16.1. The highest BCUT2D eigenvalue weighted by Crippen LogP contribution is 2.35. The number of ether oxygens (including phenoxy) is 2. The number of aromatic nitrogens is 4. The first-order valence-electron chi connectivity index (χ1n) is 8.49. The quantitative estimate of drug-likeness (QED) is 0.202. The van der Waals surface area contributed by atoms with E-state index < -0.39 is 19.7 Å². The maximum atomic E-state index is 11.9. The Labute approximate surface area is 164 Å². The van der Waals surface area contributed by atoms with Crippen LogP contribution in [0, 0.1) is 0 Å². The summed E-state index contributed by atoms with van der Waals surface area (Å²) in [5.41, 5.74) is 6.41. The van der Waals surface area contributed by atoms with Gasteiger partial charge in [-0.3, -0.25) is 14.3 Å². The lowest BCUT2D eigenvalue weighted by Crippen LogP contribution is -2.25. The molecule has 0 saturated heterocycles. The Hall–Kier alpha value is -2.60. The number of hydrogen-bond donors (Lipinski definition) is 4. The molecule has 0 aliphatic rings. The molecule has 0 radical (unpaired) electrons. The molecule has 0 aliphatic heterocycles. The minimum absolute atomic E-state index is 0.0537. The van der Waals surface area contributed by atoms with E-state index in [1.807, 2.05) is 30.3 Å². The SMILES string of the molecule is Nc1nc2c(ncn2CC(OCCOP(=O)(O)O)OCc2ccccc2)c(=O)[nH]1. The first kappa shape index (κ1) is 21.1. The lowest BCUT2D eigenvalue weighted by molar-refractivity contribution is -0.160. The number of nitrogens with zero attached hydrogens (tertiary/aromatic N) is 3. The van der Waals surface area contributed by atoms with Crippen molar-refractivity contribution in [2.24, 2.45) is 0 Å². The topological polar surface area (TPSA) is 175 Å². The van der Waals surface area contributed by atoms with Crippen LogP contribution < -0.4 is 11.3 Å². The third-order valence-corrected chi connectivity index (χ3v) is 4.28. The summed E-state index contributed by atoms with van der Waals surface area (Å²) >= 11 is 0. The molecule has 29 heavy (non-hydrogen) atoms. The van der Waals surface area contributed by atoms with Crippen molar-refractivity contribution in [2.75, 3.05) is 18.9 Å². The van der Waals surface area contributed by atoms with Gasteiger partial charge < -0.3 is 29.6 Å². The number of fused-ring (bicyclic) bond motifs is 1. The van der Waals surface area contributed by atoms with Crippen molar-refractivity contribution in [3.8, 4) is 0 Å². The molecule has 0 spiro atoms. The lowest BCUT2D eigenvalue weighted by atomic mass is 10.2. The minimum atomic E-state index is -4.59. The average molecular weight is 425 g/mol. The lowest BCUT2D eigenvalue weighted by Gasteiger charge is -2.19. The Morgan fingerprint density at radius 1 is 1.21 bits per heavy atom. The van der Waals surface area contributed by atoms with Gasteiger partial charge in [0.15, 0.2) is 17.5 Å². The summed E-state index contributed by atoms with van der Waals surface area (Å²) in [6.45, 7) is -0.124. The van der Waals surface area contributed by atoms with Gasteiger partial charge in [-0.2, -0.15) is 4.98 Å². The molecule has 1 unspecified atom stereocenters. The molecule has 0 fully saturated rings. The highest BCUT2D eigenvalue weighted by atomic mass is 31.2. The second kappa shape index (κ2) is 9.27. The highest BCUT2D eigenvalue weighted by molar-refractivity contribution is 7.46. The van der Waals surface area contributed by atoms with Crippen molar-refractivity contribution in [3.05, 3.63) is 52.6 Å². The van der Waals surface area contributed by atoms with Crippen molar-refractivity contribution < 1.29 is 28.3 Å². The van der Waals surface area contributed by atoms with E-state index in [2.05, 4.69) is 19.5 Å². The van der Waals surface area contributed by atoms with Crippen LogP contribution in [-0.4, -0.2) is 48.8 Å². The molecule has 0 saturated carbocycles. The van der Waals surface area contributed by atoms with Crippen molar-refractivity contribution in [1.29, 1.82) is 0 Å². The van der Waals surface area contributed by atoms with Gasteiger partial charge in [-0.25, -0.2) is 9.55 Å². The highest BCUT2D eigenvalue weighted by Gasteiger charge is 2.17. The van der Waals surface area contributed by atoms with E-state index in [1.165, 1.54) is 6.33 Å². The Morgan fingerprint density at radius 3 is 2.69 bits per heavy atom. The molecule has 1 atom stereocenters. The number of benzene rings is 1. The van der Waals surface area contributed by atoms with E-state index >= 15 is 0 Å². The van der Waals surface area contributed by atoms with E-state index in [9.17, 15) is 9.36 Å². The summed E-state index contributed by atoms with van der Waals surface area (Å²) in [6, 6.07) is 9.36. The van der Waals surface area contributed by atoms with Crippen LogP contribution in [0.25, 0.3) is 11.2 Å². The molecule has 156 valence electrons. The fraction of sp³-hybridized carbons (Fsp3) is 0.312. The first-order valence-corrected chi connectivity index (χ1v) is 10.0. The number of phosphoric ester groups is 1. The van der Waals surface area contributed by atoms with Gasteiger partial charge in [0.25, 0.3) is 5.56 Å². The number of nitrogens with two attached hydrogens (primary N) is 1. The summed E-state index contributed by atoms with van der Waals surface area (Å²) in [4.78, 5) is 39.9. The maximum Gasteiger partial charge on any atom is 0.469 e. The molecule has 3 aromatic rings. The van der Waals surface area contributed by atoms with E-state index in [1.54, 1.807) is 4.57 Å². The molecular weight excluding hydrogens is 405 g/mol. The third-order valence-electron chi connectivity index (χ3n) is 3.76. The van der Waals surface area contributed by atoms with Gasteiger partial charge in [0.2, 0.25) is 5.95 Å². The van der Waals surface area contributed by atoms with Crippen molar-refractivity contribution >= 4 is 24.9 Å². The summed E-state index contributed by atoms with van der Waals surface area (Å²) < 4.78 is 28.0. The number of rotatable bonds is 10. The molecule has 12 nitrogen and oxygen atoms in total. The second-order valence-electron chi connectivity index (χ2n) is 5.94. The standard InChI is InChI=1S/C16H20N5O7P/c17-16-19-14-13(15(22)20-16)18-10-21(14)8-12(26-6-7-28-29(23,24)25)27-9-11-4-2-1-3-5-11/h1-5,10,12H,6-9H2,(H2,23,24,25)(H3,17,19,20,22). The molecule has 0 amide bonds. The van der Waals surface area contributed by atoms with Gasteiger partial charge >= 0.3 is 7.82 Å². The Kier molecular flexibility index (Phi) is 6.75. The number of imidazole rings is 1. The Balaban J connectivity index is 1.71. The van der Waals surface area contributed by atoms with Gasteiger partial charge in [0.1, 0.15) is 0 Å². The molecule has 2 heterocycles. The van der Waals surface area contributed by atoms with E-state index in [0.29, 0.717) is 0 Å². The van der Waals surface area contributed by atoms with Crippen LogP contribution in [0.4, 0.5) is 5.95 Å². The number of aromatic amines is 1. The van der Waals surface area contributed by atoms with Crippen LogP contribution in [0.15, 0.2) is 41.5 Å². The van der Waals surface area contributed by atoms with Gasteiger partial charge in [0, 0.05) is 0 Å². The summed E-state index contributed by atoms with van der Waals surface area (Å²) in [5.74, 6) is -0.0537. The number of nitrogen functional groups attached to an aromatic ring is 1. The summed E-state index contributed by atoms with van der Waals surface area (Å²) in [6.07, 6.45) is 0.566. The van der Waals surface area contributed by atoms with E-state index in [4.69, 9.17) is 25.0 Å². The van der Waals surface area contributed by atoms with Gasteiger partial charge in [-0.15, -0.1) is 0 Å². The van der Waals surface area contributed by atoms with Crippen LogP contribution in [0.3, 0.4) is 0 Å². The average Bonchev–Trinajstić information content (AvgIpc) is 3.06. The molecule has 1 aromatic carbocycles. The van der Waals surface area contributed by atoms with Gasteiger partial charge in [-0.1, -0.05) is 30.3 Å². The summed E-state index contributed by atoms with van der Waals surface area (Å²) in [7, 11) is -4.59. The van der Waals surface area contributed by atoms with Gasteiger partial charge in [0.05, 0.1) is 32.7 Å². The van der Waals surface area contributed by atoms with Crippen LogP contribution >= 0.6 is 7.82 Å². The second-order valence-corrected chi connectivity index (χ2v) is 7.18. The molecule has 0 aliphatic carbocycles. The molecule has 0 bridgehead atoms. The Morgan fingerprint density at radius 2 is 1.97 bits per heavy atom. The molecule has 3 rings (SSSR count). The number of phosphoric acid groups is 1. The molecule has 13 heteroatoms.